The maximum Gasteiger partial charge on any atom is 0.451 e. The van der Waals surface area contributed by atoms with Crippen molar-refractivity contribution in [2.24, 2.45) is 5.73 Å². The minimum absolute atomic E-state index is 0.455. The number of carboxylic acid groups (broad SMARTS) is 1. The monoisotopic (exact) mass is 293 g/mol. The van der Waals surface area contributed by atoms with E-state index in [2.05, 4.69) is 9.97 Å². The highest BCUT2D eigenvalue weighted by Crippen LogP contribution is 2.26. The van der Waals surface area contributed by atoms with Crippen LogP contribution in [-0.4, -0.2) is 39.5 Å². The molecule has 0 unspecified atom stereocenters. The molecule has 20 heavy (non-hydrogen) atoms. The number of halogens is 3. The highest BCUT2D eigenvalue weighted by molar-refractivity contribution is 5.88. The summed E-state index contributed by atoms with van der Waals surface area (Å²) >= 11 is 0. The Morgan fingerprint density at radius 1 is 1.45 bits per heavy atom. The van der Waals surface area contributed by atoms with E-state index in [9.17, 15) is 22.8 Å². The minimum Gasteiger partial charge on any atom is -0.481 e. The van der Waals surface area contributed by atoms with Crippen molar-refractivity contribution < 1.29 is 32.6 Å². The van der Waals surface area contributed by atoms with Gasteiger partial charge in [-0.15, -0.1) is 0 Å². The van der Waals surface area contributed by atoms with Crippen LogP contribution in [0.1, 0.15) is 12.2 Å². The van der Waals surface area contributed by atoms with Crippen molar-refractivity contribution in [1.29, 1.82) is 0 Å². The normalized spacial score (nSPS) is 12.8. The Bertz CT molecular complexity index is 507. The molecular formula is C10H10F3N3O4. The Labute approximate surface area is 110 Å². The van der Waals surface area contributed by atoms with Gasteiger partial charge in [-0.1, -0.05) is 0 Å². The smallest absolute Gasteiger partial charge is 0.451 e. The molecule has 7 nitrogen and oxygen atoms in total. The summed E-state index contributed by atoms with van der Waals surface area (Å²) in [7, 11) is 0. The number of aromatic nitrogens is 2. The fourth-order valence-electron chi connectivity index (χ4n) is 1.11. The first-order valence-corrected chi connectivity index (χ1v) is 5.23. The second kappa shape index (κ2) is 6.28. The summed E-state index contributed by atoms with van der Waals surface area (Å²) in [5, 5.41) is 8.43. The molecule has 10 heteroatoms. The van der Waals surface area contributed by atoms with Gasteiger partial charge in [-0.25, -0.2) is 4.98 Å². The van der Waals surface area contributed by atoms with E-state index in [1.54, 1.807) is 0 Å². The first-order valence-electron chi connectivity index (χ1n) is 5.23. The molecule has 0 aliphatic heterocycles. The fourth-order valence-corrected chi connectivity index (χ4v) is 1.11. The van der Waals surface area contributed by atoms with Gasteiger partial charge in [0.05, 0.1) is 12.5 Å². The SMILES string of the molecule is N[C@@H](CC(=O)O)C(=O)COc1ccnc(C(F)(F)F)n1. The van der Waals surface area contributed by atoms with Crippen LogP contribution in [0, 0.1) is 0 Å². The molecule has 0 spiro atoms. The number of alkyl halides is 3. The maximum absolute atomic E-state index is 12.3. The van der Waals surface area contributed by atoms with E-state index in [0.29, 0.717) is 0 Å². The van der Waals surface area contributed by atoms with Gasteiger partial charge in [-0.2, -0.15) is 18.2 Å². The van der Waals surface area contributed by atoms with E-state index in [4.69, 9.17) is 15.6 Å². The van der Waals surface area contributed by atoms with Crippen molar-refractivity contribution in [2.75, 3.05) is 6.61 Å². The Morgan fingerprint density at radius 3 is 2.65 bits per heavy atom. The van der Waals surface area contributed by atoms with Gasteiger partial charge in [0.1, 0.15) is 6.61 Å². The molecule has 1 aromatic rings. The lowest BCUT2D eigenvalue weighted by atomic mass is 10.1. The summed E-state index contributed by atoms with van der Waals surface area (Å²) < 4.78 is 41.6. The first-order chi connectivity index (χ1) is 9.20. The third-order valence-electron chi connectivity index (χ3n) is 2.05. The molecule has 110 valence electrons. The van der Waals surface area contributed by atoms with Crippen molar-refractivity contribution in [3.63, 3.8) is 0 Å². The topological polar surface area (TPSA) is 115 Å². The maximum atomic E-state index is 12.3. The van der Waals surface area contributed by atoms with Gasteiger partial charge in [0.15, 0.2) is 5.78 Å². The van der Waals surface area contributed by atoms with Crippen LogP contribution in [0.15, 0.2) is 12.3 Å². The lowest BCUT2D eigenvalue weighted by Gasteiger charge is -2.10. The number of rotatable bonds is 6. The largest absolute Gasteiger partial charge is 0.481 e. The van der Waals surface area contributed by atoms with E-state index in [1.165, 1.54) is 0 Å². The second-order valence-corrected chi connectivity index (χ2v) is 3.68. The molecule has 1 atom stereocenters. The van der Waals surface area contributed by atoms with Gasteiger partial charge in [-0.05, 0) is 0 Å². The predicted molar refractivity (Wildman–Crippen MR) is 57.8 cm³/mol. The summed E-state index contributed by atoms with van der Waals surface area (Å²) in [5.41, 5.74) is 5.26. The number of nitrogens with two attached hydrogens (primary N) is 1. The molecule has 0 aliphatic rings. The molecule has 0 bridgehead atoms. The lowest BCUT2D eigenvalue weighted by Crippen LogP contribution is -2.36. The molecule has 0 aliphatic carbocycles. The van der Waals surface area contributed by atoms with E-state index in [1.807, 2.05) is 0 Å². The molecule has 0 amide bonds. The highest BCUT2D eigenvalue weighted by atomic mass is 19.4. The third kappa shape index (κ3) is 4.80. The Morgan fingerprint density at radius 2 is 2.10 bits per heavy atom. The molecule has 0 saturated carbocycles. The summed E-state index contributed by atoms with van der Waals surface area (Å²) in [6.45, 7) is -0.678. The summed E-state index contributed by atoms with van der Waals surface area (Å²) in [5.74, 6) is -3.90. The molecule has 1 heterocycles. The van der Waals surface area contributed by atoms with E-state index >= 15 is 0 Å². The molecule has 1 rings (SSSR count). The quantitative estimate of drug-likeness (QED) is 0.772. The number of nitrogens with zero attached hydrogens (tertiary/aromatic N) is 2. The van der Waals surface area contributed by atoms with Crippen molar-refractivity contribution in [1.82, 2.24) is 9.97 Å². The number of hydrogen-bond acceptors (Lipinski definition) is 6. The van der Waals surface area contributed by atoms with Crippen LogP contribution < -0.4 is 10.5 Å². The van der Waals surface area contributed by atoms with Gasteiger partial charge in [0.25, 0.3) is 0 Å². The van der Waals surface area contributed by atoms with Crippen molar-refractivity contribution in [2.45, 2.75) is 18.6 Å². The van der Waals surface area contributed by atoms with Crippen LogP contribution in [0.3, 0.4) is 0 Å². The molecule has 0 saturated heterocycles. The molecular weight excluding hydrogens is 283 g/mol. The van der Waals surface area contributed by atoms with Crippen LogP contribution in [0.4, 0.5) is 13.2 Å². The van der Waals surface area contributed by atoms with E-state index in [0.717, 1.165) is 12.3 Å². The van der Waals surface area contributed by atoms with Crippen LogP contribution in [0.2, 0.25) is 0 Å². The Balaban J connectivity index is 2.62. The number of carbonyl (C=O) groups excluding carboxylic acids is 1. The van der Waals surface area contributed by atoms with Crippen LogP contribution in [-0.2, 0) is 15.8 Å². The number of aliphatic carboxylic acids is 1. The van der Waals surface area contributed by atoms with Gasteiger partial charge < -0.3 is 15.6 Å². The third-order valence-corrected chi connectivity index (χ3v) is 2.05. The summed E-state index contributed by atoms with van der Waals surface area (Å²) in [4.78, 5) is 27.8. The Hall–Kier alpha value is -2.23. The molecule has 3 N–H and O–H groups in total. The zero-order valence-electron chi connectivity index (χ0n) is 9.92. The number of hydrogen-bond donors (Lipinski definition) is 2. The first kappa shape index (κ1) is 15.8. The fraction of sp³-hybridized carbons (Fsp3) is 0.400. The zero-order chi connectivity index (χ0) is 15.3. The molecule has 0 aromatic carbocycles. The number of carboxylic acids is 1. The molecule has 0 radical (unpaired) electrons. The standard InChI is InChI=1S/C10H10F3N3O4/c11-10(12,13)9-15-2-1-7(16-9)20-4-6(17)5(14)3-8(18)19/h1-2,5H,3-4,14H2,(H,18,19)/t5-/m0/s1. The van der Waals surface area contributed by atoms with E-state index < -0.39 is 48.7 Å². The zero-order valence-corrected chi connectivity index (χ0v) is 9.92. The van der Waals surface area contributed by atoms with Gasteiger partial charge >= 0.3 is 12.1 Å². The second-order valence-electron chi connectivity index (χ2n) is 3.68. The van der Waals surface area contributed by atoms with Gasteiger partial charge in [-0.3, -0.25) is 9.59 Å². The summed E-state index contributed by atoms with van der Waals surface area (Å²) in [6.07, 6.45) is -4.50. The van der Waals surface area contributed by atoms with Crippen LogP contribution >= 0.6 is 0 Å². The molecule has 0 fully saturated rings. The number of carbonyl (C=O) groups is 2. The van der Waals surface area contributed by atoms with E-state index in [-0.39, 0.29) is 0 Å². The molecule has 1 aromatic heterocycles. The average Bonchev–Trinajstić information content (AvgIpc) is 2.34. The van der Waals surface area contributed by atoms with Crippen molar-refractivity contribution in [3.8, 4) is 5.88 Å². The van der Waals surface area contributed by atoms with Crippen molar-refractivity contribution in [3.05, 3.63) is 18.1 Å². The number of ether oxygens (including phenoxy) is 1. The highest BCUT2D eigenvalue weighted by Gasteiger charge is 2.34. The number of ketones is 1. The number of Topliss-reactive ketones (excluding diaryl/α,β-unsaturated/α-hetero) is 1. The van der Waals surface area contributed by atoms with Crippen LogP contribution in [0.25, 0.3) is 0 Å². The average molecular weight is 293 g/mol. The summed E-state index contributed by atoms with van der Waals surface area (Å²) in [6, 6.07) is -0.262. The van der Waals surface area contributed by atoms with Gasteiger partial charge in [0, 0.05) is 12.3 Å². The predicted octanol–water partition coefficient (Wildman–Crippen LogP) is 0.245. The Kier molecular flexibility index (Phi) is 4.97. The minimum atomic E-state index is -4.73. The van der Waals surface area contributed by atoms with Gasteiger partial charge in [0.2, 0.25) is 11.7 Å². The lowest BCUT2D eigenvalue weighted by molar-refractivity contribution is -0.145. The van der Waals surface area contributed by atoms with Crippen molar-refractivity contribution >= 4 is 11.8 Å². The van der Waals surface area contributed by atoms with Crippen LogP contribution in [0.5, 0.6) is 5.88 Å².